The first-order chi connectivity index (χ1) is 17.6. The molecule has 0 saturated carbocycles. The lowest BCUT2D eigenvalue weighted by molar-refractivity contribution is 0.0471. The number of carbonyl (C=O) groups is 3. The Labute approximate surface area is 217 Å². The van der Waals surface area contributed by atoms with Crippen LogP contribution in [-0.2, 0) is 34.0 Å². The minimum Gasteiger partial charge on any atom is -0.457 e. The highest BCUT2D eigenvalue weighted by Crippen LogP contribution is 2.16. The van der Waals surface area contributed by atoms with Gasteiger partial charge in [0.25, 0.3) is 0 Å². The lowest BCUT2D eigenvalue weighted by Gasteiger charge is -2.12. The molecule has 196 valence electrons. The van der Waals surface area contributed by atoms with Crippen molar-refractivity contribution in [3.63, 3.8) is 0 Å². The van der Waals surface area contributed by atoms with E-state index in [9.17, 15) is 14.4 Å². The third-order valence-electron chi connectivity index (χ3n) is 4.97. The van der Waals surface area contributed by atoms with Crippen LogP contribution in [-0.4, -0.2) is 43.8 Å². The molecule has 4 N–H and O–H groups in total. The van der Waals surface area contributed by atoms with E-state index in [4.69, 9.17) is 14.2 Å². The molecule has 0 fully saturated rings. The molecule has 4 rings (SSSR count). The van der Waals surface area contributed by atoms with Gasteiger partial charge in [0, 0.05) is 37.2 Å². The Hall–Kier alpha value is -5.00. The van der Waals surface area contributed by atoms with E-state index in [0.717, 1.165) is 0 Å². The van der Waals surface area contributed by atoms with Crippen LogP contribution in [0, 0.1) is 0 Å². The molecule has 3 heterocycles. The van der Waals surface area contributed by atoms with Crippen LogP contribution in [0.3, 0.4) is 0 Å². The SMILES string of the molecule is O.O.O=C(OCc1cc(COC(=O)c2ccncc2)cc(COC(=O)c2ccncc2)c1)c1ccncc1. The maximum Gasteiger partial charge on any atom is 0.338 e. The molecule has 0 aliphatic rings. The van der Waals surface area contributed by atoms with E-state index in [1.165, 1.54) is 37.2 Å². The molecule has 4 aromatic rings. The first kappa shape index (κ1) is 29.2. The predicted molar refractivity (Wildman–Crippen MR) is 134 cm³/mol. The van der Waals surface area contributed by atoms with Gasteiger partial charge in [-0.05, 0) is 71.3 Å². The summed E-state index contributed by atoms with van der Waals surface area (Å²) in [5.74, 6) is -1.51. The monoisotopic (exact) mass is 519 g/mol. The smallest absolute Gasteiger partial charge is 0.338 e. The fraction of sp³-hybridized carbons (Fsp3) is 0.111. The number of benzene rings is 1. The van der Waals surface area contributed by atoms with E-state index in [-0.39, 0.29) is 30.8 Å². The zero-order chi connectivity index (χ0) is 25.2. The summed E-state index contributed by atoms with van der Waals surface area (Å²) in [6, 6.07) is 14.6. The number of nitrogens with zero attached hydrogens (tertiary/aromatic N) is 3. The molecule has 1 aromatic carbocycles. The largest absolute Gasteiger partial charge is 0.457 e. The second kappa shape index (κ2) is 14.5. The van der Waals surface area contributed by atoms with Gasteiger partial charge in [-0.15, -0.1) is 0 Å². The summed E-state index contributed by atoms with van der Waals surface area (Å²) in [6.45, 7) is -0.0875. The summed E-state index contributed by atoms with van der Waals surface area (Å²) < 4.78 is 16.3. The molecule has 11 heteroatoms. The third kappa shape index (κ3) is 8.29. The molecule has 0 atom stereocenters. The molecule has 0 bridgehead atoms. The number of pyridine rings is 3. The van der Waals surface area contributed by atoms with Gasteiger partial charge in [0.05, 0.1) is 16.7 Å². The minimum absolute atomic E-state index is 0. The van der Waals surface area contributed by atoms with E-state index in [0.29, 0.717) is 33.4 Å². The Morgan fingerprint density at radius 1 is 0.474 bits per heavy atom. The van der Waals surface area contributed by atoms with Gasteiger partial charge in [0.2, 0.25) is 0 Å². The predicted octanol–water partition coefficient (Wildman–Crippen LogP) is 2.29. The lowest BCUT2D eigenvalue weighted by Crippen LogP contribution is -2.09. The van der Waals surface area contributed by atoms with Gasteiger partial charge in [0.1, 0.15) is 19.8 Å². The molecule has 0 aliphatic carbocycles. The molecular weight excluding hydrogens is 494 g/mol. The standard InChI is InChI=1S/C27H21N3O6.2H2O/c31-25(22-1-7-28-8-2-22)34-16-19-13-20(17-35-26(32)23-3-9-29-10-4-23)15-21(14-19)18-36-27(33)24-5-11-30-12-6-24;;/h1-15H,16-18H2;2*1H2. The molecule has 38 heavy (non-hydrogen) atoms. The second-order valence-corrected chi connectivity index (χ2v) is 7.59. The van der Waals surface area contributed by atoms with Crippen molar-refractivity contribution in [3.8, 4) is 0 Å². The number of hydrogen-bond donors (Lipinski definition) is 0. The van der Waals surface area contributed by atoms with Gasteiger partial charge in [-0.25, -0.2) is 14.4 Å². The van der Waals surface area contributed by atoms with Crippen molar-refractivity contribution in [1.82, 2.24) is 15.0 Å². The number of esters is 3. The van der Waals surface area contributed by atoms with Crippen LogP contribution in [0.1, 0.15) is 47.8 Å². The molecule has 0 radical (unpaired) electrons. The molecule has 0 saturated heterocycles. The van der Waals surface area contributed by atoms with Gasteiger partial charge in [-0.3, -0.25) is 15.0 Å². The van der Waals surface area contributed by atoms with Gasteiger partial charge >= 0.3 is 17.9 Å². The normalized spacial score (nSPS) is 9.79. The first-order valence-electron chi connectivity index (χ1n) is 10.9. The Kier molecular flexibility index (Phi) is 11.2. The zero-order valence-electron chi connectivity index (χ0n) is 20.1. The molecular formula is C27H25N3O8. The van der Waals surface area contributed by atoms with Crippen molar-refractivity contribution >= 4 is 17.9 Å². The maximum atomic E-state index is 12.3. The zero-order valence-corrected chi connectivity index (χ0v) is 20.1. The molecule has 0 amide bonds. The number of aromatic nitrogens is 3. The fourth-order valence-corrected chi connectivity index (χ4v) is 3.25. The second-order valence-electron chi connectivity index (χ2n) is 7.59. The third-order valence-corrected chi connectivity index (χ3v) is 4.97. The average Bonchev–Trinajstić information content (AvgIpc) is 2.94. The van der Waals surface area contributed by atoms with Crippen LogP contribution in [0.5, 0.6) is 0 Å². The summed E-state index contributed by atoms with van der Waals surface area (Å²) in [7, 11) is 0. The number of carbonyl (C=O) groups excluding carboxylic acids is 3. The van der Waals surface area contributed by atoms with E-state index in [2.05, 4.69) is 15.0 Å². The van der Waals surface area contributed by atoms with Crippen molar-refractivity contribution < 1.29 is 39.5 Å². The van der Waals surface area contributed by atoms with Crippen LogP contribution in [0.4, 0.5) is 0 Å². The van der Waals surface area contributed by atoms with Crippen molar-refractivity contribution in [3.05, 3.63) is 125 Å². The average molecular weight is 520 g/mol. The van der Waals surface area contributed by atoms with Gasteiger partial charge in [-0.1, -0.05) is 0 Å². The Morgan fingerprint density at radius 2 is 0.711 bits per heavy atom. The van der Waals surface area contributed by atoms with Crippen molar-refractivity contribution in [2.75, 3.05) is 0 Å². The quantitative estimate of drug-likeness (QED) is 0.237. The van der Waals surface area contributed by atoms with E-state index < -0.39 is 17.9 Å². The topological polar surface area (TPSA) is 181 Å². The number of rotatable bonds is 9. The lowest BCUT2D eigenvalue weighted by atomic mass is 10.1. The van der Waals surface area contributed by atoms with Crippen molar-refractivity contribution in [2.45, 2.75) is 19.8 Å². The van der Waals surface area contributed by atoms with Crippen LogP contribution < -0.4 is 0 Å². The van der Waals surface area contributed by atoms with Crippen LogP contribution in [0.2, 0.25) is 0 Å². The Balaban J connectivity index is 0.00000253. The van der Waals surface area contributed by atoms with Gasteiger partial charge < -0.3 is 25.2 Å². The summed E-state index contributed by atoms with van der Waals surface area (Å²) in [5, 5.41) is 0. The maximum absolute atomic E-state index is 12.3. The van der Waals surface area contributed by atoms with Crippen LogP contribution in [0.15, 0.2) is 91.8 Å². The van der Waals surface area contributed by atoms with Crippen molar-refractivity contribution in [1.29, 1.82) is 0 Å². The number of hydrogen-bond acceptors (Lipinski definition) is 9. The molecule has 3 aromatic heterocycles. The van der Waals surface area contributed by atoms with Crippen molar-refractivity contribution in [2.24, 2.45) is 0 Å². The fourth-order valence-electron chi connectivity index (χ4n) is 3.25. The highest BCUT2D eigenvalue weighted by molar-refractivity contribution is 5.90. The molecule has 11 nitrogen and oxygen atoms in total. The minimum atomic E-state index is -0.502. The summed E-state index contributed by atoms with van der Waals surface area (Å²) in [5.41, 5.74) is 3.05. The molecule has 0 unspecified atom stereocenters. The Morgan fingerprint density at radius 3 is 0.947 bits per heavy atom. The van der Waals surface area contributed by atoms with Crippen LogP contribution >= 0.6 is 0 Å². The molecule has 0 spiro atoms. The van der Waals surface area contributed by atoms with E-state index in [1.807, 2.05) is 0 Å². The van der Waals surface area contributed by atoms with E-state index in [1.54, 1.807) is 54.6 Å². The summed E-state index contributed by atoms with van der Waals surface area (Å²) in [4.78, 5) is 48.7. The summed E-state index contributed by atoms with van der Waals surface area (Å²) >= 11 is 0. The Bertz CT molecular complexity index is 1160. The van der Waals surface area contributed by atoms with Gasteiger partial charge in [0.15, 0.2) is 0 Å². The highest BCUT2D eigenvalue weighted by atomic mass is 16.5. The van der Waals surface area contributed by atoms with Crippen LogP contribution in [0.25, 0.3) is 0 Å². The number of ether oxygens (including phenoxy) is 3. The van der Waals surface area contributed by atoms with E-state index >= 15 is 0 Å². The summed E-state index contributed by atoms with van der Waals surface area (Å²) in [6.07, 6.45) is 9.02. The molecule has 0 aliphatic heterocycles. The highest BCUT2D eigenvalue weighted by Gasteiger charge is 2.12. The van der Waals surface area contributed by atoms with Gasteiger partial charge in [-0.2, -0.15) is 0 Å². The first-order valence-corrected chi connectivity index (χ1v) is 10.9.